The van der Waals surface area contributed by atoms with Crippen LogP contribution < -0.4 is 10.2 Å². The lowest BCUT2D eigenvalue weighted by molar-refractivity contribution is 0.311. The molecule has 138 valence electrons. The minimum absolute atomic E-state index is 0.528. The number of likely N-dealkylation sites (N-methyl/N-ethyl adjacent to an activating group) is 1. The van der Waals surface area contributed by atoms with Gasteiger partial charge in [0.25, 0.3) is 0 Å². The highest BCUT2D eigenvalue weighted by molar-refractivity contribution is 6.30. The van der Waals surface area contributed by atoms with Crippen molar-refractivity contribution in [1.82, 2.24) is 19.9 Å². The number of nitrogens with one attached hydrogen (secondary N) is 1. The van der Waals surface area contributed by atoms with Gasteiger partial charge in [-0.1, -0.05) is 41.9 Å². The van der Waals surface area contributed by atoms with E-state index in [1.54, 1.807) is 0 Å². The molecule has 2 heterocycles. The molecule has 0 unspecified atom stereocenters. The van der Waals surface area contributed by atoms with Gasteiger partial charge in [-0.25, -0.2) is 0 Å². The van der Waals surface area contributed by atoms with Crippen LogP contribution in [0.3, 0.4) is 0 Å². The van der Waals surface area contributed by atoms with Crippen LogP contribution in [0.2, 0.25) is 5.02 Å². The first kappa shape index (κ1) is 17.7. The van der Waals surface area contributed by atoms with Gasteiger partial charge < -0.3 is 15.1 Å². The number of hydrogen-bond acceptors (Lipinski definition) is 6. The smallest absolute Gasteiger partial charge is 0.232 e. The molecule has 7 heteroatoms. The van der Waals surface area contributed by atoms with E-state index in [0.29, 0.717) is 22.7 Å². The van der Waals surface area contributed by atoms with Crippen LogP contribution in [0.1, 0.15) is 0 Å². The van der Waals surface area contributed by atoms with Crippen LogP contribution in [0.5, 0.6) is 0 Å². The monoisotopic (exact) mass is 380 g/mol. The van der Waals surface area contributed by atoms with Crippen LogP contribution in [0, 0.1) is 0 Å². The number of rotatable bonds is 4. The van der Waals surface area contributed by atoms with Crippen LogP contribution in [0.15, 0.2) is 54.6 Å². The lowest BCUT2D eigenvalue weighted by atomic mass is 10.2. The quantitative estimate of drug-likeness (QED) is 0.745. The standard InChI is InChI=1S/C20H21ClN6/c1-26-11-13-27(14-12-26)20-24-18(15-5-3-2-4-6-15)23-19(25-20)22-17-9-7-16(21)8-10-17/h2-10H,11-14H2,1H3,(H,22,23,24,25). The van der Waals surface area contributed by atoms with Crippen LogP contribution in [-0.4, -0.2) is 53.1 Å². The molecule has 1 aliphatic heterocycles. The molecule has 6 nitrogen and oxygen atoms in total. The van der Waals surface area contributed by atoms with Gasteiger partial charge in [0, 0.05) is 42.5 Å². The molecule has 1 aliphatic rings. The molecule has 1 fully saturated rings. The van der Waals surface area contributed by atoms with Crippen LogP contribution in [0.25, 0.3) is 11.4 Å². The Kier molecular flexibility index (Phi) is 5.18. The Balaban J connectivity index is 1.69. The van der Waals surface area contributed by atoms with E-state index in [1.165, 1.54) is 0 Å². The summed E-state index contributed by atoms with van der Waals surface area (Å²) in [6.45, 7) is 3.78. The van der Waals surface area contributed by atoms with Crippen molar-refractivity contribution in [2.24, 2.45) is 0 Å². The van der Waals surface area contributed by atoms with Gasteiger partial charge in [0.1, 0.15) is 0 Å². The summed E-state index contributed by atoms with van der Waals surface area (Å²) < 4.78 is 0. The first-order valence-corrected chi connectivity index (χ1v) is 9.33. The topological polar surface area (TPSA) is 57.2 Å². The third-order valence-corrected chi connectivity index (χ3v) is 4.79. The summed E-state index contributed by atoms with van der Waals surface area (Å²) in [7, 11) is 2.13. The summed E-state index contributed by atoms with van der Waals surface area (Å²) in [4.78, 5) is 18.5. The van der Waals surface area contributed by atoms with Crippen molar-refractivity contribution >= 4 is 29.2 Å². The van der Waals surface area contributed by atoms with Crippen molar-refractivity contribution in [3.05, 3.63) is 59.6 Å². The molecule has 0 spiro atoms. The molecule has 2 aromatic carbocycles. The van der Waals surface area contributed by atoms with E-state index in [1.807, 2.05) is 54.6 Å². The van der Waals surface area contributed by atoms with Gasteiger partial charge in [-0.3, -0.25) is 0 Å². The number of benzene rings is 2. The molecule has 1 saturated heterocycles. The Morgan fingerprint density at radius 2 is 1.56 bits per heavy atom. The summed E-state index contributed by atoms with van der Waals surface area (Å²) in [6.07, 6.45) is 0. The molecule has 0 bridgehead atoms. The largest absolute Gasteiger partial charge is 0.338 e. The molecule has 0 radical (unpaired) electrons. The van der Waals surface area contributed by atoms with Gasteiger partial charge in [-0.05, 0) is 31.3 Å². The van der Waals surface area contributed by atoms with Crippen molar-refractivity contribution in [2.45, 2.75) is 0 Å². The summed E-state index contributed by atoms with van der Waals surface area (Å²) in [6, 6.07) is 17.5. The maximum absolute atomic E-state index is 5.98. The zero-order valence-electron chi connectivity index (χ0n) is 15.1. The first-order valence-electron chi connectivity index (χ1n) is 8.95. The van der Waals surface area contributed by atoms with Crippen molar-refractivity contribution in [2.75, 3.05) is 43.4 Å². The molecule has 0 saturated carbocycles. The van der Waals surface area contributed by atoms with Crippen LogP contribution >= 0.6 is 11.6 Å². The zero-order chi connectivity index (χ0) is 18.6. The number of halogens is 1. The van der Waals surface area contributed by atoms with Gasteiger partial charge in [0.2, 0.25) is 11.9 Å². The molecule has 0 atom stereocenters. The molecule has 1 aromatic heterocycles. The van der Waals surface area contributed by atoms with Gasteiger partial charge >= 0.3 is 0 Å². The lowest BCUT2D eigenvalue weighted by Gasteiger charge is -2.32. The normalized spacial score (nSPS) is 15.0. The summed E-state index contributed by atoms with van der Waals surface area (Å²) in [5.41, 5.74) is 1.85. The minimum Gasteiger partial charge on any atom is -0.338 e. The van der Waals surface area contributed by atoms with Gasteiger partial charge in [0.15, 0.2) is 5.82 Å². The molecule has 0 amide bonds. The molecule has 0 aliphatic carbocycles. The lowest BCUT2D eigenvalue weighted by Crippen LogP contribution is -2.45. The van der Waals surface area contributed by atoms with Crippen molar-refractivity contribution in [3.63, 3.8) is 0 Å². The molecular formula is C20H21ClN6. The van der Waals surface area contributed by atoms with E-state index in [4.69, 9.17) is 16.6 Å². The predicted octanol–water partition coefficient (Wildman–Crippen LogP) is 3.69. The molecule has 27 heavy (non-hydrogen) atoms. The van der Waals surface area contributed by atoms with E-state index < -0.39 is 0 Å². The number of nitrogens with zero attached hydrogens (tertiary/aromatic N) is 5. The fourth-order valence-corrected chi connectivity index (χ4v) is 3.07. The third-order valence-electron chi connectivity index (χ3n) is 4.54. The molecule has 4 rings (SSSR count). The fourth-order valence-electron chi connectivity index (χ4n) is 2.95. The van der Waals surface area contributed by atoms with Crippen LogP contribution in [-0.2, 0) is 0 Å². The summed E-state index contributed by atoms with van der Waals surface area (Å²) >= 11 is 5.98. The highest BCUT2D eigenvalue weighted by Gasteiger charge is 2.19. The van der Waals surface area contributed by atoms with E-state index in [0.717, 1.165) is 37.4 Å². The van der Waals surface area contributed by atoms with E-state index >= 15 is 0 Å². The van der Waals surface area contributed by atoms with Crippen molar-refractivity contribution in [3.8, 4) is 11.4 Å². The maximum Gasteiger partial charge on any atom is 0.232 e. The molecule has 3 aromatic rings. The Morgan fingerprint density at radius 3 is 2.26 bits per heavy atom. The Bertz CT molecular complexity index is 892. The number of anilines is 3. The average molecular weight is 381 g/mol. The fraction of sp³-hybridized carbons (Fsp3) is 0.250. The van der Waals surface area contributed by atoms with Gasteiger partial charge in [0.05, 0.1) is 0 Å². The maximum atomic E-state index is 5.98. The van der Waals surface area contributed by atoms with Gasteiger partial charge in [-0.15, -0.1) is 0 Å². The first-order chi connectivity index (χ1) is 13.2. The van der Waals surface area contributed by atoms with E-state index in [2.05, 4.69) is 32.1 Å². The summed E-state index contributed by atoms with van der Waals surface area (Å²) in [5, 5.41) is 3.97. The van der Waals surface area contributed by atoms with Gasteiger partial charge in [-0.2, -0.15) is 15.0 Å². The number of piperazine rings is 1. The average Bonchev–Trinajstić information content (AvgIpc) is 2.71. The van der Waals surface area contributed by atoms with E-state index in [-0.39, 0.29) is 0 Å². The predicted molar refractivity (Wildman–Crippen MR) is 110 cm³/mol. The highest BCUT2D eigenvalue weighted by atomic mass is 35.5. The van der Waals surface area contributed by atoms with E-state index in [9.17, 15) is 0 Å². The Labute approximate surface area is 163 Å². The minimum atomic E-state index is 0.528. The molecule has 1 N–H and O–H groups in total. The highest BCUT2D eigenvalue weighted by Crippen LogP contribution is 2.23. The number of hydrogen-bond donors (Lipinski definition) is 1. The molecular weight excluding hydrogens is 360 g/mol. The number of aromatic nitrogens is 3. The van der Waals surface area contributed by atoms with Crippen LogP contribution in [0.4, 0.5) is 17.6 Å². The summed E-state index contributed by atoms with van der Waals surface area (Å²) in [5.74, 6) is 1.89. The second kappa shape index (κ2) is 7.90. The second-order valence-electron chi connectivity index (χ2n) is 6.57. The second-order valence-corrected chi connectivity index (χ2v) is 7.01. The van der Waals surface area contributed by atoms with Crippen molar-refractivity contribution < 1.29 is 0 Å². The Morgan fingerprint density at radius 1 is 0.852 bits per heavy atom. The zero-order valence-corrected chi connectivity index (χ0v) is 15.9. The third kappa shape index (κ3) is 4.35. The SMILES string of the molecule is CN1CCN(c2nc(Nc3ccc(Cl)cc3)nc(-c3ccccc3)n2)CC1. The van der Waals surface area contributed by atoms with Crippen molar-refractivity contribution in [1.29, 1.82) is 0 Å². The Hall–Kier alpha value is -2.70.